The van der Waals surface area contributed by atoms with E-state index >= 15 is 0 Å². The number of hydrogen-bond donors (Lipinski definition) is 3. The molecule has 3 N–H and O–H groups in total. The second-order valence-electron chi connectivity index (χ2n) is 8.31. The summed E-state index contributed by atoms with van der Waals surface area (Å²) in [5.74, 6) is 0.595. The maximum atomic E-state index is 13.9. The largest absolute Gasteiger partial charge is 0.382 e. The van der Waals surface area contributed by atoms with Crippen molar-refractivity contribution in [3.63, 3.8) is 0 Å². The Balaban J connectivity index is 1.69. The van der Waals surface area contributed by atoms with Crippen LogP contribution in [-0.4, -0.2) is 42.8 Å². The molecule has 0 spiro atoms. The molecule has 0 atom stereocenters. The summed E-state index contributed by atoms with van der Waals surface area (Å²) in [4.78, 5) is 12.2. The van der Waals surface area contributed by atoms with Crippen molar-refractivity contribution in [2.24, 2.45) is 0 Å². The molecule has 0 unspecified atom stereocenters. The zero-order valence-corrected chi connectivity index (χ0v) is 17.6. The van der Waals surface area contributed by atoms with Crippen molar-refractivity contribution in [2.75, 3.05) is 11.9 Å². The average Bonchev–Trinajstić information content (AvgIpc) is 3.28. The van der Waals surface area contributed by atoms with E-state index in [1.165, 1.54) is 13.8 Å². The van der Waals surface area contributed by atoms with Crippen LogP contribution in [0, 0.1) is 0 Å². The average molecular weight is 407 g/mol. The Morgan fingerprint density at radius 2 is 2.13 bits per heavy atom. The number of pyridine rings is 1. The Hall–Kier alpha value is -3.42. The van der Waals surface area contributed by atoms with Crippen molar-refractivity contribution in [3.05, 3.63) is 49.1 Å². The van der Waals surface area contributed by atoms with E-state index in [2.05, 4.69) is 37.3 Å². The van der Waals surface area contributed by atoms with E-state index < -0.39 is 5.67 Å². The van der Waals surface area contributed by atoms with Crippen LogP contribution < -0.4 is 10.6 Å². The molecule has 0 aliphatic carbocycles. The Morgan fingerprint density at radius 3 is 2.87 bits per heavy atom. The van der Waals surface area contributed by atoms with Crippen molar-refractivity contribution >= 4 is 28.2 Å². The van der Waals surface area contributed by atoms with E-state index in [-0.39, 0.29) is 12.6 Å². The van der Waals surface area contributed by atoms with Crippen molar-refractivity contribution in [3.8, 4) is 11.1 Å². The van der Waals surface area contributed by atoms with Gasteiger partial charge in [0.1, 0.15) is 11.3 Å². The van der Waals surface area contributed by atoms with Gasteiger partial charge in [0.05, 0.1) is 11.7 Å². The fourth-order valence-corrected chi connectivity index (χ4v) is 3.27. The van der Waals surface area contributed by atoms with E-state index in [1.54, 1.807) is 10.7 Å². The van der Waals surface area contributed by atoms with Crippen molar-refractivity contribution in [1.29, 1.82) is 0 Å². The molecule has 0 aliphatic heterocycles. The predicted octanol–water partition coefficient (Wildman–Crippen LogP) is 4.40. The highest BCUT2D eigenvalue weighted by atomic mass is 19.1. The fourth-order valence-electron chi connectivity index (χ4n) is 3.27. The maximum Gasteiger partial charge on any atom is 0.224 e. The number of rotatable bonds is 7. The molecule has 0 radical (unpaired) electrons. The Labute approximate surface area is 174 Å². The number of aromatic nitrogens is 5. The lowest BCUT2D eigenvalue weighted by Crippen LogP contribution is -2.29. The lowest BCUT2D eigenvalue weighted by molar-refractivity contribution is 0.219. The van der Waals surface area contributed by atoms with Gasteiger partial charge in [0.15, 0.2) is 0 Å². The Bertz CT molecular complexity index is 1210. The number of fused-ring (bicyclic) bond motifs is 2. The molecule has 8 heteroatoms. The van der Waals surface area contributed by atoms with E-state index in [9.17, 15) is 4.39 Å². The number of nitrogens with one attached hydrogen (secondary N) is 3. The molecule has 4 aromatic rings. The molecule has 0 amide bonds. The van der Waals surface area contributed by atoms with Crippen LogP contribution in [0.25, 0.3) is 33.4 Å². The number of nitrogens with zero attached hydrogens (tertiary/aromatic N) is 4. The van der Waals surface area contributed by atoms with Gasteiger partial charge in [-0.15, -0.1) is 0 Å². The zero-order valence-electron chi connectivity index (χ0n) is 17.6. The van der Waals surface area contributed by atoms with Gasteiger partial charge in [-0.05, 0) is 45.4 Å². The monoisotopic (exact) mass is 407 g/mol. The molecule has 156 valence electrons. The molecule has 7 nitrogen and oxygen atoms in total. The van der Waals surface area contributed by atoms with E-state index in [0.717, 1.165) is 33.2 Å². The number of hydrogen-bond acceptors (Lipinski definition) is 5. The summed E-state index contributed by atoms with van der Waals surface area (Å²) in [6.07, 6.45) is 7.39. The Morgan fingerprint density at radius 1 is 1.33 bits per heavy atom. The molecule has 4 rings (SSSR count). The molecule has 4 heterocycles. The van der Waals surface area contributed by atoms with Crippen LogP contribution in [0.3, 0.4) is 0 Å². The van der Waals surface area contributed by atoms with Crippen LogP contribution in [-0.2, 0) is 0 Å². The molecule has 4 aromatic heterocycles. The second kappa shape index (κ2) is 7.44. The Kier molecular flexibility index (Phi) is 4.93. The first-order valence-corrected chi connectivity index (χ1v) is 9.92. The fraction of sp³-hybridized carbons (Fsp3) is 0.318. The summed E-state index contributed by atoms with van der Waals surface area (Å²) >= 11 is 0. The van der Waals surface area contributed by atoms with Gasteiger partial charge in [-0.2, -0.15) is 10.1 Å². The molecule has 0 fully saturated rings. The normalized spacial score (nSPS) is 12.1. The topological polar surface area (TPSA) is 82.9 Å². The van der Waals surface area contributed by atoms with Crippen molar-refractivity contribution in [2.45, 2.75) is 39.4 Å². The summed E-state index contributed by atoms with van der Waals surface area (Å²) in [6, 6.07) is 4.29. The SMILES string of the molecule is C=C(NCC(C)(C)F)c1cnn2ccc(-c3c[nH]c4nc(NC(C)C)ncc34)cc12. The summed E-state index contributed by atoms with van der Waals surface area (Å²) in [5.41, 5.74) is 3.80. The predicted molar refractivity (Wildman–Crippen MR) is 119 cm³/mol. The van der Waals surface area contributed by atoms with Gasteiger partial charge in [0.2, 0.25) is 5.95 Å². The van der Waals surface area contributed by atoms with Crippen LogP contribution in [0.5, 0.6) is 0 Å². The number of anilines is 1. The first-order valence-electron chi connectivity index (χ1n) is 9.92. The van der Waals surface area contributed by atoms with Gasteiger partial charge < -0.3 is 15.6 Å². The molecular formula is C22H26FN7. The van der Waals surface area contributed by atoms with E-state index in [4.69, 9.17) is 0 Å². The van der Waals surface area contributed by atoms with Gasteiger partial charge >= 0.3 is 0 Å². The standard InChI is InChI=1S/C22H26FN7/c1-13(2)28-21-25-10-18-17(9-24-20(18)29-21)15-6-7-30-19(8-15)16(11-27-30)14(3)26-12-22(4,5)23/h6-11,13,26H,3,12H2,1-2,4-5H3,(H2,24,25,28,29). The molecule has 0 bridgehead atoms. The highest BCUT2D eigenvalue weighted by molar-refractivity contribution is 5.94. The second-order valence-corrected chi connectivity index (χ2v) is 8.31. The minimum Gasteiger partial charge on any atom is -0.382 e. The third kappa shape index (κ3) is 3.98. The highest BCUT2D eigenvalue weighted by Gasteiger charge is 2.17. The summed E-state index contributed by atoms with van der Waals surface area (Å²) in [5, 5.41) is 11.6. The lowest BCUT2D eigenvalue weighted by Gasteiger charge is -2.17. The first kappa shape index (κ1) is 19.9. The van der Waals surface area contributed by atoms with Gasteiger partial charge in [-0.3, -0.25) is 0 Å². The third-order valence-electron chi connectivity index (χ3n) is 4.73. The third-order valence-corrected chi connectivity index (χ3v) is 4.73. The minimum atomic E-state index is -1.33. The van der Waals surface area contributed by atoms with Gasteiger partial charge in [-0.1, -0.05) is 6.58 Å². The highest BCUT2D eigenvalue weighted by Crippen LogP contribution is 2.30. The molecule has 0 saturated heterocycles. The van der Waals surface area contributed by atoms with Crippen molar-refractivity contribution < 1.29 is 4.39 Å². The lowest BCUT2D eigenvalue weighted by atomic mass is 10.1. The van der Waals surface area contributed by atoms with Gasteiger partial charge in [-0.25, -0.2) is 13.9 Å². The smallest absolute Gasteiger partial charge is 0.224 e. The van der Waals surface area contributed by atoms with Gasteiger partial charge in [0.25, 0.3) is 0 Å². The summed E-state index contributed by atoms with van der Waals surface area (Å²) < 4.78 is 15.6. The maximum absolute atomic E-state index is 13.9. The van der Waals surface area contributed by atoms with Crippen LogP contribution in [0.15, 0.2) is 43.5 Å². The first-order chi connectivity index (χ1) is 14.2. The number of halogens is 1. The van der Waals surface area contributed by atoms with Crippen LogP contribution in [0.2, 0.25) is 0 Å². The van der Waals surface area contributed by atoms with E-state index in [0.29, 0.717) is 11.6 Å². The van der Waals surface area contributed by atoms with Crippen molar-refractivity contribution in [1.82, 2.24) is 29.9 Å². The number of aromatic amines is 1. The molecule has 30 heavy (non-hydrogen) atoms. The minimum absolute atomic E-state index is 0.176. The van der Waals surface area contributed by atoms with Crippen LogP contribution in [0.4, 0.5) is 10.3 Å². The molecule has 0 saturated carbocycles. The summed E-state index contributed by atoms with van der Waals surface area (Å²) in [6.45, 7) is 11.4. The number of H-pyrrole nitrogens is 1. The number of alkyl halides is 1. The zero-order chi connectivity index (χ0) is 21.5. The molecular weight excluding hydrogens is 381 g/mol. The summed E-state index contributed by atoms with van der Waals surface area (Å²) in [7, 11) is 0. The van der Waals surface area contributed by atoms with E-state index in [1.807, 2.05) is 44.6 Å². The van der Waals surface area contributed by atoms with Crippen LogP contribution >= 0.6 is 0 Å². The molecule has 0 aliphatic rings. The van der Waals surface area contributed by atoms with Crippen LogP contribution in [0.1, 0.15) is 33.3 Å². The van der Waals surface area contributed by atoms with Gasteiger partial charge in [0, 0.05) is 53.4 Å². The molecule has 0 aromatic carbocycles. The quantitative estimate of drug-likeness (QED) is 0.423.